The molecule has 0 saturated heterocycles. The van der Waals surface area contributed by atoms with Gasteiger partial charge in [0.2, 0.25) is 5.91 Å². The second kappa shape index (κ2) is 9.47. The molecule has 0 radical (unpaired) electrons. The molecule has 6 nitrogen and oxygen atoms in total. The monoisotopic (exact) mass is 415 g/mol. The molecule has 8 heteroatoms. The van der Waals surface area contributed by atoms with Crippen molar-refractivity contribution in [1.29, 1.82) is 0 Å². The van der Waals surface area contributed by atoms with Crippen LogP contribution in [-0.2, 0) is 14.8 Å². The molecule has 2 N–H and O–H groups in total. The number of nitrogens with one attached hydrogen (secondary N) is 2. The Balaban J connectivity index is 1.61. The first-order valence-electron chi connectivity index (χ1n) is 9.33. The molecule has 0 saturated carbocycles. The number of halogens is 1. The lowest BCUT2D eigenvalue weighted by Crippen LogP contribution is -2.30. The number of hydrogen-bond donors (Lipinski definition) is 2. The van der Waals surface area contributed by atoms with Crippen LogP contribution in [0.4, 0.5) is 10.1 Å². The molecular weight excluding hydrogens is 393 g/mol. The van der Waals surface area contributed by atoms with E-state index in [1.807, 2.05) is 0 Å². The van der Waals surface area contributed by atoms with E-state index in [1.54, 1.807) is 18.2 Å². The van der Waals surface area contributed by atoms with Crippen LogP contribution in [0, 0.1) is 5.82 Å². The molecule has 3 rings (SSSR count). The van der Waals surface area contributed by atoms with Gasteiger partial charge in [0.25, 0.3) is 10.0 Å². The summed E-state index contributed by atoms with van der Waals surface area (Å²) in [7, 11) is -3.71. The SMILES string of the molecule is O=C(C=Cc1ccc(F)cc1)Nc1ccc(S(=O)(=O)NC2=NCCCCC2)cc1. The van der Waals surface area contributed by atoms with Gasteiger partial charge in [-0.1, -0.05) is 18.6 Å². The molecule has 0 aromatic heterocycles. The zero-order valence-corrected chi connectivity index (χ0v) is 16.6. The van der Waals surface area contributed by atoms with Gasteiger partial charge in [-0.2, -0.15) is 0 Å². The first kappa shape index (κ1) is 20.7. The molecule has 1 amide bonds. The number of rotatable bonds is 5. The van der Waals surface area contributed by atoms with Crippen molar-refractivity contribution < 1.29 is 17.6 Å². The van der Waals surface area contributed by atoms with Gasteiger partial charge in [0.15, 0.2) is 0 Å². The number of hydrogen-bond acceptors (Lipinski definition) is 4. The number of aliphatic imine (C=N–C) groups is 1. The second-order valence-corrected chi connectivity index (χ2v) is 8.33. The lowest BCUT2D eigenvalue weighted by Gasteiger charge is -2.10. The van der Waals surface area contributed by atoms with Crippen molar-refractivity contribution in [2.75, 3.05) is 11.9 Å². The third-order valence-electron chi connectivity index (χ3n) is 4.36. The molecule has 0 bridgehead atoms. The van der Waals surface area contributed by atoms with Gasteiger partial charge < -0.3 is 5.32 Å². The fourth-order valence-electron chi connectivity index (χ4n) is 2.82. The Hall–Kier alpha value is -3.00. The highest BCUT2D eigenvalue weighted by Gasteiger charge is 2.17. The molecule has 2 aromatic carbocycles. The predicted octanol–water partition coefficient (Wildman–Crippen LogP) is 3.73. The zero-order valence-electron chi connectivity index (χ0n) is 15.8. The molecule has 29 heavy (non-hydrogen) atoms. The normalized spacial score (nSPS) is 14.9. The number of amidine groups is 1. The average molecular weight is 415 g/mol. The van der Waals surface area contributed by atoms with Gasteiger partial charge in [-0.15, -0.1) is 0 Å². The number of carbonyl (C=O) groups excluding carboxylic acids is 1. The number of nitrogens with zero attached hydrogens (tertiary/aromatic N) is 1. The maximum atomic E-state index is 12.9. The summed E-state index contributed by atoms with van der Waals surface area (Å²) in [6.07, 6.45) is 6.42. The zero-order chi connectivity index (χ0) is 20.7. The molecule has 0 spiro atoms. The molecule has 0 unspecified atom stereocenters. The van der Waals surface area contributed by atoms with Gasteiger partial charge in [-0.05, 0) is 60.9 Å². The molecule has 1 heterocycles. The van der Waals surface area contributed by atoms with E-state index < -0.39 is 10.0 Å². The summed E-state index contributed by atoms with van der Waals surface area (Å²) >= 11 is 0. The summed E-state index contributed by atoms with van der Waals surface area (Å²) in [6, 6.07) is 11.6. The number of anilines is 1. The Morgan fingerprint density at radius 1 is 1.00 bits per heavy atom. The molecule has 0 aliphatic carbocycles. The van der Waals surface area contributed by atoms with E-state index in [1.165, 1.54) is 42.5 Å². The van der Waals surface area contributed by atoms with Crippen LogP contribution in [0.5, 0.6) is 0 Å². The molecule has 1 aliphatic heterocycles. The Morgan fingerprint density at radius 2 is 1.72 bits per heavy atom. The van der Waals surface area contributed by atoms with Gasteiger partial charge >= 0.3 is 0 Å². The molecule has 1 aliphatic rings. The third kappa shape index (κ3) is 6.25. The Morgan fingerprint density at radius 3 is 2.45 bits per heavy atom. The van der Waals surface area contributed by atoms with E-state index in [-0.39, 0.29) is 16.6 Å². The fraction of sp³-hybridized carbons (Fsp3) is 0.238. The lowest BCUT2D eigenvalue weighted by atomic mass is 10.2. The summed E-state index contributed by atoms with van der Waals surface area (Å²) in [5.41, 5.74) is 1.15. The van der Waals surface area contributed by atoms with E-state index in [0.717, 1.165) is 19.3 Å². The van der Waals surface area contributed by atoms with Crippen LogP contribution in [0.15, 0.2) is 64.5 Å². The Labute approximate surface area is 169 Å². The molecular formula is C21H22FN3O3S. The van der Waals surface area contributed by atoms with Gasteiger partial charge in [-0.3, -0.25) is 14.5 Å². The second-order valence-electron chi connectivity index (χ2n) is 6.64. The van der Waals surface area contributed by atoms with Crippen molar-refractivity contribution >= 4 is 33.5 Å². The minimum atomic E-state index is -3.71. The molecule has 2 aromatic rings. The minimum Gasteiger partial charge on any atom is -0.323 e. The van der Waals surface area contributed by atoms with Crippen LogP contribution in [0.2, 0.25) is 0 Å². The van der Waals surface area contributed by atoms with E-state index in [4.69, 9.17) is 0 Å². The topological polar surface area (TPSA) is 87.6 Å². The number of carbonyl (C=O) groups is 1. The van der Waals surface area contributed by atoms with Crippen LogP contribution in [-0.4, -0.2) is 26.7 Å². The highest BCUT2D eigenvalue weighted by Crippen LogP contribution is 2.15. The predicted molar refractivity (Wildman–Crippen MR) is 112 cm³/mol. The van der Waals surface area contributed by atoms with Crippen molar-refractivity contribution in [3.05, 3.63) is 66.0 Å². The van der Waals surface area contributed by atoms with Gasteiger partial charge in [0.1, 0.15) is 11.7 Å². The van der Waals surface area contributed by atoms with Gasteiger partial charge in [0.05, 0.1) is 4.90 Å². The molecule has 0 fully saturated rings. The Kier molecular flexibility index (Phi) is 6.77. The van der Waals surface area contributed by atoms with E-state index in [0.29, 0.717) is 30.1 Å². The van der Waals surface area contributed by atoms with Crippen molar-refractivity contribution in [3.8, 4) is 0 Å². The van der Waals surface area contributed by atoms with Gasteiger partial charge in [0, 0.05) is 24.7 Å². The maximum absolute atomic E-state index is 12.9. The van der Waals surface area contributed by atoms with E-state index in [2.05, 4.69) is 15.0 Å². The third-order valence-corrected chi connectivity index (χ3v) is 5.75. The van der Waals surface area contributed by atoms with Gasteiger partial charge in [-0.25, -0.2) is 12.8 Å². The van der Waals surface area contributed by atoms with Crippen LogP contribution in [0.1, 0.15) is 31.2 Å². The summed E-state index contributed by atoms with van der Waals surface area (Å²) < 4.78 is 40.5. The molecule has 0 atom stereocenters. The summed E-state index contributed by atoms with van der Waals surface area (Å²) in [5.74, 6) is -0.232. The smallest absolute Gasteiger partial charge is 0.262 e. The van der Waals surface area contributed by atoms with E-state index >= 15 is 0 Å². The van der Waals surface area contributed by atoms with Crippen LogP contribution >= 0.6 is 0 Å². The number of sulfonamides is 1. The summed E-state index contributed by atoms with van der Waals surface area (Å²) in [5, 5.41) is 2.65. The highest BCUT2D eigenvalue weighted by molar-refractivity contribution is 7.90. The van der Waals surface area contributed by atoms with E-state index in [9.17, 15) is 17.6 Å². The van der Waals surface area contributed by atoms with Crippen molar-refractivity contribution in [2.45, 2.75) is 30.6 Å². The lowest BCUT2D eigenvalue weighted by molar-refractivity contribution is -0.111. The summed E-state index contributed by atoms with van der Waals surface area (Å²) in [6.45, 7) is 0.633. The maximum Gasteiger partial charge on any atom is 0.262 e. The largest absolute Gasteiger partial charge is 0.323 e. The number of benzene rings is 2. The highest BCUT2D eigenvalue weighted by atomic mass is 32.2. The van der Waals surface area contributed by atoms with Crippen molar-refractivity contribution in [2.24, 2.45) is 4.99 Å². The fourth-order valence-corrected chi connectivity index (χ4v) is 3.91. The average Bonchev–Trinajstić information content (AvgIpc) is 2.96. The quantitative estimate of drug-likeness (QED) is 0.730. The first-order valence-corrected chi connectivity index (χ1v) is 10.8. The van der Waals surface area contributed by atoms with Crippen LogP contribution in [0.3, 0.4) is 0 Å². The molecule has 152 valence electrons. The Bertz CT molecular complexity index is 1010. The van der Waals surface area contributed by atoms with Crippen LogP contribution in [0.25, 0.3) is 6.08 Å². The minimum absolute atomic E-state index is 0.101. The standard InChI is InChI=1S/C21H22FN3O3S/c22-17-8-5-16(6-9-17)7-14-21(26)24-18-10-12-19(13-11-18)29(27,28)25-20-4-2-1-3-15-23-20/h5-14H,1-4,15H2,(H,23,25)(H,24,26). The number of amides is 1. The first-order chi connectivity index (χ1) is 13.9. The van der Waals surface area contributed by atoms with Crippen molar-refractivity contribution in [1.82, 2.24) is 4.72 Å². The summed E-state index contributed by atoms with van der Waals surface area (Å²) in [4.78, 5) is 16.4. The van der Waals surface area contributed by atoms with Crippen LogP contribution < -0.4 is 10.0 Å². The van der Waals surface area contributed by atoms with Crippen molar-refractivity contribution in [3.63, 3.8) is 0 Å².